The number of hydrogen-bond acceptors (Lipinski definition) is 5. The molecule has 12 rings (SSSR count). The molecule has 0 saturated carbocycles. The Morgan fingerprint density at radius 3 is 1.81 bits per heavy atom. The van der Waals surface area contributed by atoms with Crippen molar-refractivity contribution in [1.82, 2.24) is 19.5 Å². The van der Waals surface area contributed by atoms with Gasteiger partial charge in [0, 0.05) is 49.1 Å². The molecule has 6 heteroatoms. The first-order valence-corrected chi connectivity index (χ1v) is 19.0. The van der Waals surface area contributed by atoms with E-state index in [0.29, 0.717) is 17.5 Å². The van der Waals surface area contributed by atoms with E-state index < -0.39 is 0 Å². The Labute approximate surface area is 325 Å². The molecule has 0 bridgehead atoms. The minimum absolute atomic E-state index is 0.543. The quantitative estimate of drug-likeness (QED) is 0.176. The Balaban J connectivity index is 0.976. The first kappa shape index (κ1) is 31.5. The van der Waals surface area contributed by atoms with Crippen molar-refractivity contribution in [2.24, 2.45) is 0 Å². The van der Waals surface area contributed by atoms with Gasteiger partial charge in [-0.2, -0.15) is 0 Å². The molecule has 0 spiro atoms. The summed E-state index contributed by atoms with van der Waals surface area (Å²) in [5.41, 5.74) is 11.5. The van der Waals surface area contributed by atoms with Gasteiger partial charge in [0.25, 0.3) is 0 Å². The Hall–Kier alpha value is -7.83. The van der Waals surface area contributed by atoms with Gasteiger partial charge in [0.2, 0.25) is 0 Å². The first-order valence-electron chi connectivity index (χ1n) is 19.0. The molecular formula is C51H30N4O2. The van der Waals surface area contributed by atoms with Gasteiger partial charge in [-0.15, -0.1) is 0 Å². The lowest BCUT2D eigenvalue weighted by Crippen LogP contribution is -2.00. The third-order valence-corrected chi connectivity index (χ3v) is 11.1. The van der Waals surface area contributed by atoms with Crippen LogP contribution in [0, 0.1) is 0 Å². The fourth-order valence-corrected chi connectivity index (χ4v) is 8.37. The van der Waals surface area contributed by atoms with E-state index in [2.05, 4.69) is 120 Å². The molecule has 6 nitrogen and oxygen atoms in total. The van der Waals surface area contributed by atoms with Crippen LogP contribution in [0.5, 0.6) is 0 Å². The monoisotopic (exact) mass is 730 g/mol. The van der Waals surface area contributed by atoms with Crippen LogP contribution in [0.25, 0.3) is 117 Å². The van der Waals surface area contributed by atoms with E-state index in [1.54, 1.807) is 0 Å². The zero-order valence-electron chi connectivity index (χ0n) is 30.4. The molecule has 12 aromatic rings. The first-order chi connectivity index (χ1) is 28.2. The van der Waals surface area contributed by atoms with Gasteiger partial charge in [-0.05, 0) is 77.9 Å². The van der Waals surface area contributed by atoms with Crippen LogP contribution in [0.3, 0.4) is 0 Å². The standard InChI is InChI=1S/C51H30N4O2/c1-3-12-31(13-4-1)49-52-50(54-51(53-49)40-19-11-18-39-37-17-8-10-21-45(37)57-48(39)40)34-22-25-38-42-29-33(24-27-46(42)56-47(38)30-34)32-23-26-44-41(28-32)36-16-7-9-20-43(36)55(44)35-14-5-2-6-15-35/h1-30H. The summed E-state index contributed by atoms with van der Waals surface area (Å²) in [7, 11) is 0. The average molecular weight is 731 g/mol. The second kappa shape index (κ2) is 12.3. The largest absolute Gasteiger partial charge is 0.456 e. The maximum absolute atomic E-state index is 6.52. The van der Waals surface area contributed by atoms with Gasteiger partial charge in [0.15, 0.2) is 17.5 Å². The molecule has 0 unspecified atom stereocenters. The lowest BCUT2D eigenvalue weighted by Gasteiger charge is -2.09. The van der Waals surface area contributed by atoms with Gasteiger partial charge < -0.3 is 13.4 Å². The second-order valence-corrected chi connectivity index (χ2v) is 14.4. The second-order valence-electron chi connectivity index (χ2n) is 14.4. The smallest absolute Gasteiger partial charge is 0.167 e. The molecule has 0 aliphatic heterocycles. The van der Waals surface area contributed by atoms with Crippen molar-refractivity contribution in [2.75, 3.05) is 0 Å². The van der Waals surface area contributed by atoms with Crippen molar-refractivity contribution in [3.05, 3.63) is 182 Å². The summed E-state index contributed by atoms with van der Waals surface area (Å²) in [6.07, 6.45) is 0. The van der Waals surface area contributed by atoms with Crippen LogP contribution in [0.1, 0.15) is 0 Å². The summed E-state index contributed by atoms with van der Waals surface area (Å²) in [5, 5.41) is 6.61. The van der Waals surface area contributed by atoms with E-state index in [9.17, 15) is 0 Å². The topological polar surface area (TPSA) is 69.9 Å². The van der Waals surface area contributed by atoms with E-state index in [1.807, 2.05) is 66.7 Å². The van der Waals surface area contributed by atoms with Crippen LogP contribution in [0.2, 0.25) is 0 Å². The molecule has 0 saturated heterocycles. The molecule has 4 heterocycles. The molecule has 0 aliphatic carbocycles. The third-order valence-electron chi connectivity index (χ3n) is 11.1. The van der Waals surface area contributed by atoms with Crippen LogP contribution in [-0.4, -0.2) is 19.5 Å². The van der Waals surface area contributed by atoms with Crippen molar-refractivity contribution in [2.45, 2.75) is 0 Å². The molecule has 57 heavy (non-hydrogen) atoms. The summed E-state index contributed by atoms with van der Waals surface area (Å²) in [6.45, 7) is 0. The molecule has 0 fully saturated rings. The van der Waals surface area contributed by atoms with Crippen molar-refractivity contribution in [1.29, 1.82) is 0 Å². The Bertz CT molecular complexity index is 3530. The maximum Gasteiger partial charge on any atom is 0.167 e. The molecule has 0 atom stereocenters. The van der Waals surface area contributed by atoms with E-state index in [1.165, 1.54) is 21.8 Å². The number of aromatic nitrogens is 4. The summed E-state index contributed by atoms with van der Waals surface area (Å²) in [6, 6.07) is 62.8. The number of nitrogens with zero attached hydrogens (tertiary/aromatic N) is 4. The highest BCUT2D eigenvalue weighted by molar-refractivity contribution is 6.12. The molecule has 0 N–H and O–H groups in total. The van der Waals surface area contributed by atoms with Gasteiger partial charge in [-0.25, -0.2) is 15.0 Å². The number of benzene rings is 8. The normalized spacial score (nSPS) is 11.9. The van der Waals surface area contributed by atoms with Gasteiger partial charge in [-0.3, -0.25) is 0 Å². The van der Waals surface area contributed by atoms with Crippen LogP contribution in [0.4, 0.5) is 0 Å². The zero-order chi connectivity index (χ0) is 37.5. The average Bonchev–Trinajstić information content (AvgIpc) is 3.95. The third kappa shape index (κ3) is 5.01. The maximum atomic E-state index is 6.52. The number of hydrogen-bond donors (Lipinski definition) is 0. The molecule has 4 aromatic heterocycles. The molecule has 266 valence electrons. The molecular weight excluding hydrogens is 701 g/mol. The van der Waals surface area contributed by atoms with Crippen LogP contribution in [-0.2, 0) is 0 Å². The lowest BCUT2D eigenvalue weighted by molar-refractivity contribution is 0.668. The Kier molecular flexibility index (Phi) is 6.83. The molecule has 0 aliphatic rings. The van der Waals surface area contributed by atoms with Gasteiger partial charge in [-0.1, -0.05) is 115 Å². The van der Waals surface area contributed by atoms with E-state index >= 15 is 0 Å². The number of fused-ring (bicyclic) bond motifs is 9. The van der Waals surface area contributed by atoms with Gasteiger partial charge in [0.05, 0.1) is 16.6 Å². The zero-order valence-corrected chi connectivity index (χ0v) is 30.4. The van der Waals surface area contributed by atoms with Crippen LogP contribution >= 0.6 is 0 Å². The number of rotatable bonds is 5. The molecule has 0 radical (unpaired) electrons. The van der Waals surface area contributed by atoms with Crippen molar-refractivity contribution in [3.63, 3.8) is 0 Å². The van der Waals surface area contributed by atoms with E-state index in [-0.39, 0.29) is 0 Å². The van der Waals surface area contributed by atoms with Crippen LogP contribution in [0.15, 0.2) is 191 Å². The fraction of sp³-hybridized carbons (Fsp3) is 0. The fourth-order valence-electron chi connectivity index (χ4n) is 8.37. The van der Waals surface area contributed by atoms with Crippen LogP contribution < -0.4 is 0 Å². The van der Waals surface area contributed by atoms with E-state index in [4.69, 9.17) is 23.8 Å². The minimum atomic E-state index is 0.543. The van der Waals surface area contributed by atoms with E-state index in [0.717, 1.165) is 77.4 Å². The van der Waals surface area contributed by atoms with Crippen molar-refractivity contribution < 1.29 is 8.83 Å². The minimum Gasteiger partial charge on any atom is -0.456 e. The van der Waals surface area contributed by atoms with Crippen molar-refractivity contribution >= 4 is 65.7 Å². The number of para-hydroxylation sites is 4. The Morgan fingerprint density at radius 2 is 0.947 bits per heavy atom. The predicted molar refractivity (Wildman–Crippen MR) is 230 cm³/mol. The molecule has 0 amide bonds. The highest BCUT2D eigenvalue weighted by atomic mass is 16.3. The summed E-state index contributed by atoms with van der Waals surface area (Å²) < 4.78 is 15.3. The Morgan fingerprint density at radius 1 is 0.333 bits per heavy atom. The highest BCUT2D eigenvalue weighted by Crippen LogP contribution is 2.39. The number of furan rings is 2. The highest BCUT2D eigenvalue weighted by Gasteiger charge is 2.19. The predicted octanol–water partition coefficient (Wildman–Crippen LogP) is 13.4. The summed E-state index contributed by atoms with van der Waals surface area (Å²) in [4.78, 5) is 15.1. The lowest BCUT2D eigenvalue weighted by atomic mass is 10.0. The summed E-state index contributed by atoms with van der Waals surface area (Å²) >= 11 is 0. The summed E-state index contributed by atoms with van der Waals surface area (Å²) in [5.74, 6) is 1.68. The SMILES string of the molecule is c1ccc(-c2nc(-c3ccc4c(c3)oc3ccc(-c5ccc6c(c5)c5ccccc5n6-c5ccccc5)cc34)nc(-c3cccc4c3oc3ccccc34)n2)cc1. The van der Waals surface area contributed by atoms with Crippen molar-refractivity contribution in [3.8, 4) is 51.0 Å². The molecule has 8 aromatic carbocycles. The van der Waals surface area contributed by atoms with Gasteiger partial charge in [0.1, 0.15) is 22.3 Å². The van der Waals surface area contributed by atoms with Gasteiger partial charge >= 0.3 is 0 Å².